The second-order valence-corrected chi connectivity index (χ2v) is 12.0. The molecule has 0 unspecified atom stereocenters. The molecule has 0 bridgehead atoms. The van der Waals surface area contributed by atoms with E-state index < -0.39 is 55.1 Å². The topological polar surface area (TPSA) is 154 Å². The molecule has 7 atom stereocenters. The third kappa shape index (κ3) is 5.93. The molecule has 1 saturated carbocycles. The maximum absolute atomic E-state index is 14.4. The lowest BCUT2D eigenvalue weighted by Gasteiger charge is -2.45. The van der Waals surface area contributed by atoms with Crippen LogP contribution in [0.3, 0.4) is 0 Å². The van der Waals surface area contributed by atoms with Gasteiger partial charge in [0.15, 0.2) is 6.10 Å². The summed E-state index contributed by atoms with van der Waals surface area (Å²) in [6.45, 7) is -0.590. The van der Waals surface area contributed by atoms with Crippen LogP contribution in [-0.2, 0) is 14.3 Å². The van der Waals surface area contributed by atoms with Crippen LogP contribution in [0.25, 0.3) is 11.3 Å². The Morgan fingerprint density at radius 2 is 2.02 bits per heavy atom. The Labute approximate surface area is 260 Å². The lowest BCUT2D eigenvalue weighted by Crippen LogP contribution is -2.62. The molecule has 2 aliphatic rings. The van der Waals surface area contributed by atoms with Crippen molar-refractivity contribution in [3.05, 3.63) is 62.7 Å². The summed E-state index contributed by atoms with van der Waals surface area (Å²) < 4.78 is 13.7. The first-order valence-corrected chi connectivity index (χ1v) is 14.8. The Hall–Kier alpha value is -2.60. The standard InChI is InChI=1S/C28H28BrCl2N5O6/c1-41-26-24(35-12-20(33-34-35)15-5-6-18(30)19(31)9-15)25(39)23(13-37)42-27(26)28(40)36(21-3-2-4-22(21)38)17-8-14(11-32)7-16(29)10-17/h5-10,12,21-27,37-39H,2-4,13H2,1H3/t21-,22-,23+,24-,25-,26+,27+/m0/s1. The summed E-state index contributed by atoms with van der Waals surface area (Å²) in [6.07, 6.45) is -2.40. The van der Waals surface area contributed by atoms with Gasteiger partial charge in [-0.2, -0.15) is 5.26 Å². The van der Waals surface area contributed by atoms with Crippen LogP contribution in [0, 0.1) is 11.3 Å². The van der Waals surface area contributed by atoms with E-state index in [1.165, 1.54) is 16.7 Å². The van der Waals surface area contributed by atoms with Crippen molar-refractivity contribution in [1.82, 2.24) is 15.0 Å². The van der Waals surface area contributed by atoms with E-state index in [0.29, 0.717) is 56.3 Å². The van der Waals surface area contributed by atoms with Crippen molar-refractivity contribution in [2.75, 3.05) is 18.6 Å². The summed E-state index contributed by atoms with van der Waals surface area (Å²) in [5, 5.41) is 50.9. The molecular formula is C28H28BrCl2N5O6. The van der Waals surface area contributed by atoms with E-state index in [-0.39, 0.29) is 0 Å². The number of hydrogen-bond donors (Lipinski definition) is 3. The minimum atomic E-state index is -1.33. The van der Waals surface area contributed by atoms with Gasteiger partial charge in [-0.25, -0.2) is 4.68 Å². The maximum atomic E-state index is 14.4. The molecule has 2 heterocycles. The fourth-order valence-electron chi connectivity index (χ4n) is 5.69. The Kier molecular flexibility index (Phi) is 9.51. The fraction of sp³-hybridized carbons (Fsp3) is 0.429. The number of methoxy groups -OCH3 is 1. The molecule has 11 nitrogen and oxygen atoms in total. The zero-order valence-corrected chi connectivity index (χ0v) is 25.4. The predicted molar refractivity (Wildman–Crippen MR) is 157 cm³/mol. The van der Waals surface area contributed by atoms with Crippen LogP contribution in [-0.4, -0.2) is 86.5 Å². The SMILES string of the molecule is CO[C@@H]1[C@@H](n2cc(-c3ccc(Cl)c(Cl)c3)nn2)[C@@H](O)[C@@H](CO)O[C@H]1C(=O)N(c1cc(Br)cc(C#N)c1)[C@H]1CCC[C@@H]1O. The highest BCUT2D eigenvalue weighted by Gasteiger charge is 2.52. The number of nitriles is 1. The van der Waals surface area contributed by atoms with E-state index in [1.807, 2.05) is 0 Å². The second-order valence-electron chi connectivity index (χ2n) is 10.3. The zero-order chi connectivity index (χ0) is 30.1. The Balaban J connectivity index is 1.55. The largest absolute Gasteiger partial charge is 0.394 e. The number of aliphatic hydroxyl groups excluding tert-OH is 3. The molecule has 3 aromatic rings. The Morgan fingerprint density at radius 3 is 2.67 bits per heavy atom. The highest BCUT2D eigenvalue weighted by atomic mass is 79.9. The number of rotatable bonds is 7. The zero-order valence-electron chi connectivity index (χ0n) is 22.3. The summed E-state index contributed by atoms with van der Waals surface area (Å²) in [5.41, 5.74) is 1.76. The van der Waals surface area contributed by atoms with Gasteiger partial charge in [0.1, 0.15) is 30.0 Å². The number of carbonyl (C=O) groups excluding carboxylic acids is 1. The number of aliphatic hydroxyl groups is 3. The number of halogens is 3. The predicted octanol–water partition coefficient (Wildman–Crippen LogP) is 3.51. The van der Waals surface area contributed by atoms with Crippen molar-refractivity contribution in [2.24, 2.45) is 0 Å². The number of hydrogen-bond acceptors (Lipinski definition) is 9. The van der Waals surface area contributed by atoms with E-state index in [9.17, 15) is 25.4 Å². The molecule has 3 N–H and O–H groups in total. The number of anilines is 1. The minimum absolute atomic E-state index is 0.316. The molecule has 2 aromatic carbocycles. The van der Waals surface area contributed by atoms with Gasteiger partial charge in [0.25, 0.3) is 5.91 Å². The first kappa shape index (κ1) is 30.8. The first-order chi connectivity index (χ1) is 20.2. The van der Waals surface area contributed by atoms with Gasteiger partial charge in [-0.05, 0) is 49.6 Å². The van der Waals surface area contributed by atoms with E-state index in [1.54, 1.807) is 42.6 Å². The highest BCUT2D eigenvalue weighted by Crippen LogP contribution is 2.37. The summed E-state index contributed by atoms with van der Waals surface area (Å²) in [5.74, 6) is -0.560. The molecule has 14 heteroatoms. The van der Waals surface area contributed by atoms with Crippen molar-refractivity contribution in [3.8, 4) is 17.3 Å². The number of carbonyl (C=O) groups is 1. The minimum Gasteiger partial charge on any atom is -0.394 e. The summed E-state index contributed by atoms with van der Waals surface area (Å²) >= 11 is 15.6. The van der Waals surface area contributed by atoms with Gasteiger partial charge in [-0.15, -0.1) is 5.10 Å². The summed E-state index contributed by atoms with van der Waals surface area (Å²) in [7, 11) is 1.38. The molecule has 2 fully saturated rings. The summed E-state index contributed by atoms with van der Waals surface area (Å²) in [4.78, 5) is 15.9. The van der Waals surface area contributed by atoms with Crippen LogP contribution in [0.5, 0.6) is 0 Å². The van der Waals surface area contributed by atoms with Crippen LogP contribution >= 0.6 is 39.1 Å². The molecule has 1 aliphatic carbocycles. The van der Waals surface area contributed by atoms with Crippen molar-refractivity contribution in [2.45, 2.75) is 61.9 Å². The van der Waals surface area contributed by atoms with E-state index in [2.05, 4.69) is 32.3 Å². The van der Waals surface area contributed by atoms with Gasteiger partial charge < -0.3 is 29.7 Å². The van der Waals surface area contributed by atoms with Gasteiger partial charge in [0, 0.05) is 22.8 Å². The average molecular weight is 681 g/mol. The average Bonchev–Trinajstić information content (AvgIpc) is 3.63. The maximum Gasteiger partial charge on any atom is 0.259 e. The number of amides is 1. The number of nitrogens with zero attached hydrogens (tertiary/aromatic N) is 5. The molecule has 0 spiro atoms. The molecule has 1 amide bonds. The van der Waals surface area contributed by atoms with Crippen molar-refractivity contribution in [3.63, 3.8) is 0 Å². The van der Waals surface area contributed by atoms with Crippen LogP contribution in [0.1, 0.15) is 30.9 Å². The molecule has 42 heavy (non-hydrogen) atoms. The van der Waals surface area contributed by atoms with E-state index in [4.69, 9.17) is 32.7 Å². The molecule has 1 aromatic heterocycles. The normalized spacial score (nSPS) is 27.5. The highest BCUT2D eigenvalue weighted by molar-refractivity contribution is 9.10. The number of aromatic nitrogens is 3. The molecule has 222 valence electrons. The van der Waals surface area contributed by atoms with E-state index >= 15 is 0 Å². The van der Waals surface area contributed by atoms with Gasteiger partial charge in [0.2, 0.25) is 0 Å². The van der Waals surface area contributed by atoms with Crippen molar-refractivity contribution < 1.29 is 29.6 Å². The summed E-state index contributed by atoms with van der Waals surface area (Å²) in [6, 6.07) is 10.4. The van der Waals surface area contributed by atoms with Crippen LogP contribution in [0.15, 0.2) is 47.1 Å². The van der Waals surface area contributed by atoms with Crippen molar-refractivity contribution >= 4 is 50.7 Å². The van der Waals surface area contributed by atoms with Gasteiger partial charge in [0.05, 0.1) is 46.6 Å². The van der Waals surface area contributed by atoms with E-state index in [0.717, 1.165) is 0 Å². The van der Waals surface area contributed by atoms with Crippen LogP contribution < -0.4 is 4.90 Å². The lowest BCUT2D eigenvalue weighted by atomic mass is 9.91. The lowest BCUT2D eigenvalue weighted by molar-refractivity contribution is -0.211. The smallest absolute Gasteiger partial charge is 0.259 e. The molecule has 1 saturated heterocycles. The van der Waals surface area contributed by atoms with Gasteiger partial charge in [-0.1, -0.05) is 50.4 Å². The molecular weight excluding hydrogens is 653 g/mol. The fourth-order valence-corrected chi connectivity index (χ4v) is 6.47. The third-order valence-electron chi connectivity index (χ3n) is 7.72. The van der Waals surface area contributed by atoms with Crippen LogP contribution in [0.2, 0.25) is 10.0 Å². The molecule has 1 aliphatic heterocycles. The first-order valence-electron chi connectivity index (χ1n) is 13.2. The van der Waals surface area contributed by atoms with Crippen LogP contribution in [0.4, 0.5) is 5.69 Å². The number of ether oxygens (including phenoxy) is 2. The Bertz CT molecular complexity index is 1500. The quantitative estimate of drug-likeness (QED) is 0.340. The van der Waals surface area contributed by atoms with Gasteiger partial charge >= 0.3 is 0 Å². The number of benzene rings is 2. The molecule has 5 rings (SSSR count). The molecule has 0 radical (unpaired) electrons. The van der Waals surface area contributed by atoms with Crippen molar-refractivity contribution in [1.29, 1.82) is 5.26 Å². The second kappa shape index (κ2) is 13.0. The Morgan fingerprint density at radius 1 is 1.24 bits per heavy atom. The monoisotopic (exact) mass is 679 g/mol. The third-order valence-corrected chi connectivity index (χ3v) is 8.91. The van der Waals surface area contributed by atoms with Gasteiger partial charge in [-0.3, -0.25) is 4.79 Å².